The number of carbonyl (C=O) groups excluding carboxylic acids is 3. The SMILES string of the molecule is O=C1NC(=O)[C@H](CCC(=O)N2Cc3ccccc3Oc3cccc(Cl)c3C2)N1. The van der Waals surface area contributed by atoms with Crippen molar-refractivity contribution in [2.75, 3.05) is 0 Å². The van der Waals surface area contributed by atoms with Crippen LogP contribution in [0.3, 0.4) is 0 Å². The van der Waals surface area contributed by atoms with Crippen molar-refractivity contribution in [3.63, 3.8) is 0 Å². The van der Waals surface area contributed by atoms with Gasteiger partial charge in [-0.2, -0.15) is 0 Å². The number of hydrogen-bond acceptors (Lipinski definition) is 4. The fraction of sp³-hybridized carbons (Fsp3) is 0.250. The zero-order chi connectivity index (χ0) is 19.7. The fourth-order valence-corrected chi connectivity index (χ4v) is 3.58. The first-order chi connectivity index (χ1) is 13.5. The molecule has 0 radical (unpaired) electrons. The quantitative estimate of drug-likeness (QED) is 0.777. The predicted octanol–water partition coefficient (Wildman–Crippen LogP) is 2.96. The lowest BCUT2D eigenvalue weighted by Gasteiger charge is -2.28. The number of para-hydroxylation sites is 1. The van der Waals surface area contributed by atoms with Crippen molar-refractivity contribution in [3.05, 3.63) is 58.6 Å². The number of imide groups is 1. The van der Waals surface area contributed by atoms with Crippen LogP contribution in [0.15, 0.2) is 42.5 Å². The lowest BCUT2D eigenvalue weighted by Crippen LogP contribution is -2.34. The van der Waals surface area contributed by atoms with E-state index in [0.717, 1.165) is 11.1 Å². The Bertz CT molecular complexity index is 962. The number of hydrogen-bond donors (Lipinski definition) is 2. The summed E-state index contributed by atoms with van der Waals surface area (Å²) in [6, 6.07) is 11.7. The van der Waals surface area contributed by atoms with Crippen LogP contribution in [0.1, 0.15) is 24.0 Å². The molecular formula is C20H18ClN3O4. The molecule has 0 spiro atoms. The maximum Gasteiger partial charge on any atom is 0.322 e. The van der Waals surface area contributed by atoms with E-state index in [1.54, 1.807) is 17.0 Å². The average Bonchev–Trinajstić information content (AvgIpc) is 2.98. The Balaban J connectivity index is 1.57. The minimum atomic E-state index is -0.683. The van der Waals surface area contributed by atoms with Gasteiger partial charge in [0.1, 0.15) is 17.5 Å². The van der Waals surface area contributed by atoms with Gasteiger partial charge in [0.2, 0.25) is 5.91 Å². The van der Waals surface area contributed by atoms with E-state index in [1.807, 2.05) is 30.3 Å². The maximum atomic E-state index is 12.9. The highest BCUT2D eigenvalue weighted by molar-refractivity contribution is 6.31. The monoisotopic (exact) mass is 399 g/mol. The van der Waals surface area contributed by atoms with Crippen molar-refractivity contribution in [3.8, 4) is 11.5 Å². The average molecular weight is 400 g/mol. The van der Waals surface area contributed by atoms with Gasteiger partial charge < -0.3 is 15.0 Å². The number of nitrogens with one attached hydrogen (secondary N) is 2. The molecule has 4 amide bonds. The Hall–Kier alpha value is -3.06. The predicted molar refractivity (Wildman–Crippen MR) is 102 cm³/mol. The third kappa shape index (κ3) is 3.66. The number of amides is 4. The highest BCUT2D eigenvalue weighted by atomic mass is 35.5. The van der Waals surface area contributed by atoms with Gasteiger partial charge in [-0.05, 0) is 24.6 Å². The molecule has 8 heteroatoms. The third-order valence-electron chi connectivity index (χ3n) is 4.84. The number of urea groups is 1. The second kappa shape index (κ2) is 7.52. The van der Waals surface area contributed by atoms with Crippen LogP contribution in [-0.2, 0) is 22.7 Å². The van der Waals surface area contributed by atoms with Crippen LogP contribution in [0.25, 0.3) is 0 Å². The van der Waals surface area contributed by atoms with E-state index in [-0.39, 0.29) is 18.7 Å². The number of ether oxygens (including phenoxy) is 1. The lowest BCUT2D eigenvalue weighted by atomic mass is 10.1. The van der Waals surface area contributed by atoms with Crippen LogP contribution in [0.4, 0.5) is 4.79 Å². The summed E-state index contributed by atoms with van der Waals surface area (Å²) in [6.45, 7) is 0.661. The van der Waals surface area contributed by atoms with Crippen LogP contribution in [0, 0.1) is 0 Å². The Morgan fingerprint density at radius 1 is 1.11 bits per heavy atom. The van der Waals surface area contributed by atoms with E-state index in [9.17, 15) is 14.4 Å². The van der Waals surface area contributed by atoms with Gasteiger partial charge in [0.05, 0.1) is 6.54 Å². The van der Waals surface area contributed by atoms with Crippen molar-refractivity contribution in [2.45, 2.75) is 32.0 Å². The number of halogens is 1. The minimum Gasteiger partial charge on any atom is -0.457 e. The normalized spacial score (nSPS) is 18.2. The minimum absolute atomic E-state index is 0.126. The molecule has 1 atom stereocenters. The standard InChI is InChI=1S/C20H18ClN3O4/c21-14-5-3-7-17-13(14)11-24(10-12-4-1-2-6-16(12)28-17)18(25)9-8-15-19(26)23-20(27)22-15/h1-7,15H,8-11H2,(H2,22,23,26,27)/t15-/m0/s1. The molecule has 7 nitrogen and oxygen atoms in total. The molecule has 2 aromatic carbocycles. The molecule has 2 aliphatic heterocycles. The van der Waals surface area contributed by atoms with Crippen LogP contribution < -0.4 is 15.4 Å². The molecule has 0 aromatic heterocycles. The lowest BCUT2D eigenvalue weighted by molar-refractivity contribution is -0.132. The van der Waals surface area contributed by atoms with Crippen molar-refractivity contribution < 1.29 is 19.1 Å². The van der Waals surface area contributed by atoms with Gasteiger partial charge in [-0.15, -0.1) is 0 Å². The summed E-state index contributed by atoms with van der Waals surface area (Å²) in [5, 5.41) is 5.21. The Morgan fingerprint density at radius 3 is 2.68 bits per heavy atom. The first kappa shape index (κ1) is 18.3. The highest BCUT2D eigenvalue weighted by Gasteiger charge is 2.31. The molecular weight excluding hydrogens is 382 g/mol. The first-order valence-electron chi connectivity index (χ1n) is 8.93. The number of carbonyl (C=O) groups is 3. The maximum absolute atomic E-state index is 12.9. The molecule has 28 heavy (non-hydrogen) atoms. The van der Waals surface area contributed by atoms with Gasteiger partial charge in [0.25, 0.3) is 5.91 Å². The number of rotatable bonds is 3. The molecule has 0 unspecified atom stereocenters. The molecule has 0 saturated carbocycles. The molecule has 2 aromatic rings. The zero-order valence-electron chi connectivity index (χ0n) is 14.9. The van der Waals surface area contributed by atoms with E-state index in [0.29, 0.717) is 29.6 Å². The van der Waals surface area contributed by atoms with E-state index >= 15 is 0 Å². The van der Waals surface area contributed by atoms with E-state index < -0.39 is 18.0 Å². The van der Waals surface area contributed by atoms with Crippen LogP contribution in [-0.4, -0.2) is 28.8 Å². The van der Waals surface area contributed by atoms with Crippen LogP contribution in [0.2, 0.25) is 5.02 Å². The molecule has 0 bridgehead atoms. The number of fused-ring (bicyclic) bond motifs is 2. The molecule has 1 saturated heterocycles. The summed E-state index contributed by atoms with van der Waals surface area (Å²) in [5.74, 6) is 0.750. The van der Waals surface area contributed by atoms with E-state index in [4.69, 9.17) is 16.3 Å². The Labute approximate surface area is 166 Å². The zero-order valence-corrected chi connectivity index (χ0v) is 15.7. The number of benzene rings is 2. The second-order valence-electron chi connectivity index (χ2n) is 6.73. The number of nitrogens with zero attached hydrogens (tertiary/aromatic N) is 1. The fourth-order valence-electron chi connectivity index (χ4n) is 3.36. The van der Waals surface area contributed by atoms with Crippen molar-refractivity contribution in [1.82, 2.24) is 15.5 Å². The molecule has 144 valence electrons. The summed E-state index contributed by atoms with van der Waals surface area (Å²) in [5.41, 5.74) is 1.62. The molecule has 0 aliphatic carbocycles. The third-order valence-corrected chi connectivity index (χ3v) is 5.19. The molecule has 1 fully saturated rings. The van der Waals surface area contributed by atoms with Gasteiger partial charge in [-0.1, -0.05) is 35.9 Å². The topological polar surface area (TPSA) is 87.7 Å². The van der Waals surface area contributed by atoms with E-state index in [1.165, 1.54) is 0 Å². The van der Waals surface area contributed by atoms with Crippen molar-refractivity contribution in [1.29, 1.82) is 0 Å². The summed E-state index contributed by atoms with van der Waals surface area (Å²) in [6.07, 6.45) is 0.363. The van der Waals surface area contributed by atoms with Gasteiger partial charge in [0.15, 0.2) is 0 Å². The summed E-state index contributed by atoms with van der Waals surface area (Å²) in [4.78, 5) is 37.6. The van der Waals surface area contributed by atoms with Gasteiger partial charge in [-0.25, -0.2) is 4.79 Å². The van der Waals surface area contributed by atoms with Gasteiger partial charge >= 0.3 is 6.03 Å². The second-order valence-corrected chi connectivity index (χ2v) is 7.14. The highest BCUT2D eigenvalue weighted by Crippen LogP contribution is 2.36. The summed E-state index contributed by atoms with van der Waals surface area (Å²) in [7, 11) is 0. The van der Waals surface area contributed by atoms with Crippen LogP contribution in [0.5, 0.6) is 11.5 Å². The molecule has 4 rings (SSSR count). The molecule has 2 N–H and O–H groups in total. The summed E-state index contributed by atoms with van der Waals surface area (Å²) >= 11 is 6.36. The van der Waals surface area contributed by atoms with Gasteiger partial charge in [0, 0.05) is 29.1 Å². The summed E-state index contributed by atoms with van der Waals surface area (Å²) < 4.78 is 6.04. The smallest absolute Gasteiger partial charge is 0.322 e. The van der Waals surface area contributed by atoms with Crippen molar-refractivity contribution >= 4 is 29.4 Å². The molecule has 2 aliphatic rings. The van der Waals surface area contributed by atoms with Gasteiger partial charge in [-0.3, -0.25) is 14.9 Å². The van der Waals surface area contributed by atoms with E-state index in [2.05, 4.69) is 10.6 Å². The largest absolute Gasteiger partial charge is 0.457 e. The Kier molecular flexibility index (Phi) is 4.92. The van der Waals surface area contributed by atoms with Crippen LogP contribution >= 0.6 is 11.6 Å². The molecule has 2 heterocycles. The Morgan fingerprint density at radius 2 is 1.89 bits per heavy atom. The van der Waals surface area contributed by atoms with Crippen molar-refractivity contribution in [2.24, 2.45) is 0 Å². The first-order valence-corrected chi connectivity index (χ1v) is 9.31.